The summed E-state index contributed by atoms with van der Waals surface area (Å²) < 4.78 is 5.24. The zero-order valence-electron chi connectivity index (χ0n) is 9.29. The van der Waals surface area contributed by atoms with E-state index in [1.165, 1.54) is 0 Å². The van der Waals surface area contributed by atoms with Gasteiger partial charge >= 0.3 is 0 Å². The van der Waals surface area contributed by atoms with E-state index in [1.54, 1.807) is 6.26 Å². The van der Waals surface area contributed by atoms with Crippen molar-refractivity contribution in [2.45, 2.75) is 25.9 Å². The van der Waals surface area contributed by atoms with Gasteiger partial charge in [0.1, 0.15) is 5.76 Å². The summed E-state index contributed by atoms with van der Waals surface area (Å²) in [6.07, 6.45) is 2.87. The van der Waals surface area contributed by atoms with E-state index in [1.807, 2.05) is 12.1 Å². The minimum atomic E-state index is 0.530. The minimum absolute atomic E-state index is 0.530. The number of furan rings is 1. The Bertz CT molecular complexity index is 231. The molecule has 3 nitrogen and oxygen atoms in total. The molecular weight excluding hydrogens is 176 g/mol. The molecule has 1 N–H and O–H groups in total. The van der Waals surface area contributed by atoms with Gasteiger partial charge in [0.15, 0.2) is 0 Å². The molecule has 0 aromatic carbocycles. The smallest absolute Gasteiger partial charge is 0.117 e. The standard InChI is InChI=1S/C11H20N2O/c1-10(6-7-13(2)3)12-9-11-5-4-8-14-11/h4-5,8,10,12H,6-7,9H2,1-3H3. The molecule has 1 heterocycles. The first-order valence-electron chi connectivity index (χ1n) is 5.09. The molecule has 0 fully saturated rings. The Kier molecular flexibility index (Phi) is 4.70. The molecule has 0 aliphatic rings. The second-order valence-electron chi connectivity index (χ2n) is 3.95. The molecule has 80 valence electrons. The summed E-state index contributed by atoms with van der Waals surface area (Å²) in [6, 6.07) is 4.44. The molecule has 1 atom stereocenters. The van der Waals surface area contributed by atoms with Gasteiger partial charge < -0.3 is 14.6 Å². The van der Waals surface area contributed by atoms with Gasteiger partial charge in [-0.2, -0.15) is 0 Å². The topological polar surface area (TPSA) is 28.4 Å². The van der Waals surface area contributed by atoms with Crippen LogP contribution < -0.4 is 5.32 Å². The summed E-state index contributed by atoms with van der Waals surface area (Å²) in [5, 5.41) is 3.42. The van der Waals surface area contributed by atoms with Crippen LogP contribution in [0.25, 0.3) is 0 Å². The van der Waals surface area contributed by atoms with E-state index in [9.17, 15) is 0 Å². The van der Waals surface area contributed by atoms with Crippen molar-refractivity contribution in [2.24, 2.45) is 0 Å². The Hall–Kier alpha value is -0.800. The van der Waals surface area contributed by atoms with Gasteiger partial charge in [0.05, 0.1) is 12.8 Å². The van der Waals surface area contributed by atoms with E-state index in [4.69, 9.17) is 4.42 Å². The second-order valence-corrected chi connectivity index (χ2v) is 3.95. The molecule has 0 spiro atoms. The van der Waals surface area contributed by atoms with E-state index in [0.29, 0.717) is 6.04 Å². The first-order chi connectivity index (χ1) is 6.68. The first-order valence-corrected chi connectivity index (χ1v) is 5.09. The molecular formula is C11H20N2O. The Labute approximate surface area is 86.1 Å². The third-order valence-electron chi connectivity index (χ3n) is 2.21. The third-order valence-corrected chi connectivity index (χ3v) is 2.21. The lowest BCUT2D eigenvalue weighted by molar-refractivity contribution is 0.359. The fraction of sp³-hybridized carbons (Fsp3) is 0.636. The van der Waals surface area contributed by atoms with E-state index in [0.717, 1.165) is 25.3 Å². The van der Waals surface area contributed by atoms with Gasteiger partial charge in [0.2, 0.25) is 0 Å². The van der Waals surface area contributed by atoms with Crippen molar-refractivity contribution < 1.29 is 4.42 Å². The molecule has 1 aromatic rings. The van der Waals surface area contributed by atoms with Crippen molar-refractivity contribution in [3.05, 3.63) is 24.2 Å². The van der Waals surface area contributed by atoms with Crippen LogP contribution in [-0.4, -0.2) is 31.6 Å². The number of nitrogens with one attached hydrogen (secondary N) is 1. The van der Waals surface area contributed by atoms with Crippen LogP contribution in [0.3, 0.4) is 0 Å². The highest BCUT2D eigenvalue weighted by Gasteiger charge is 2.02. The van der Waals surface area contributed by atoms with E-state index < -0.39 is 0 Å². The first kappa shape index (κ1) is 11.3. The zero-order valence-corrected chi connectivity index (χ0v) is 9.29. The molecule has 1 unspecified atom stereocenters. The van der Waals surface area contributed by atoms with Crippen LogP contribution in [0.15, 0.2) is 22.8 Å². The predicted molar refractivity (Wildman–Crippen MR) is 58.2 cm³/mol. The summed E-state index contributed by atoms with van der Waals surface area (Å²) in [4.78, 5) is 2.20. The Morgan fingerprint density at radius 3 is 2.86 bits per heavy atom. The third kappa shape index (κ3) is 4.44. The molecule has 1 aromatic heterocycles. The molecule has 0 aliphatic carbocycles. The molecule has 0 saturated carbocycles. The fourth-order valence-corrected chi connectivity index (χ4v) is 1.24. The highest BCUT2D eigenvalue weighted by atomic mass is 16.3. The van der Waals surface area contributed by atoms with Crippen molar-refractivity contribution in [2.75, 3.05) is 20.6 Å². The SMILES string of the molecule is CC(CCN(C)C)NCc1ccco1. The van der Waals surface area contributed by atoms with E-state index in [2.05, 4.69) is 31.2 Å². The predicted octanol–water partition coefficient (Wildman–Crippen LogP) is 1.71. The van der Waals surface area contributed by atoms with Crippen LogP contribution in [0.2, 0.25) is 0 Å². The van der Waals surface area contributed by atoms with Crippen LogP contribution in [0, 0.1) is 0 Å². The molecule has 0 bridgehead atoms. The van der Waals surface area contributed by atoms with Crippen molar-refractivity contribution in [1.82, 2.24) is 10.2 Å². The zero-order chi connectivity index (χ0) is 10.4. The second kappa shape index (κ2) is 5.83. The average Bonchev–Trinajstić information content (AvgIpc) is 2.63. The number of rotatable bonds is 6. The molecule has 14 heavy (non-hydrogen) atoms. The summed E-state index contributed by atoms with van der Waals surface area (Å²) in [7, 11) is 4.19. The molecule has 0 radical (unpaired) electrons. The molecule has 3 heteroatoms. The van der Waals surface area contributed by atoms with Crippen LogP contribution in [0.5, 0.6) is 0 Å². The molecule has 0 aliphatic heterocycles. The van der Waals surface area contributed by atoms with Crippen molar-refractivity contribution in [3.8, 4) is 0 Å². The highest BCUT2D eigenvalue weighted by molar-refractivity contribution is 4.97. The van der Waals surface area contributed by atoms with E-state index >= 15 is 0 Å². The lowest BCUT2D eigenvalue weighted by atomic mass is 10.2. The van der Waals surface area contributed by atoms with Gasteiger partial charge in [-0.1, -0.05) is 0 Å². The highest BCUT2D eigenvalue weighted by Crippen LogP contribution is 2.00. The molecule has 0 amide bonds. The Morgan fingerprint density at radius 2 is 2.29 bits per heavy atom. The fourth-order valence-electron chi connectivity index (χ4n) is 1.24. The van der Waals surface area contributed by atoms with Gasteiger partial charge in [-0.05, 0) is 46.1 Å². The largest absolute Gasteiger partial charge is 0.468 e. The maximum absolute atomic E-state index is 5.24. The van der Waals surface area contributed by atoms with Crippen molar-refractivity contribution >= 4 is 0 Å². The van der Waals surface area contributed by atoms with Crippen LogP contribution >= 0.6 is 0 Å². The van der Waals surface area contributed by atoms with Crippen molar-refractivity contribution in [1.29, 1.82) is 0 Å². The van der Waals surface area contributed by atoms with Crippen LogP contribution in [0.1, 0.15) is 19.1 Å². The maximum Gasteiger partial charge on any atom is 0.117 e. The van der Waals surface area contributed by atoms with Gasteiger partial charge in [0, 0.05) is 6.04 Å². The van der Waals surface area contributed by atoms with Crippen molar-refractivity contribution in [3.63, 3.8) is 0 Å². The van der Waals surface area contributed by atoms with Gasteiger partial charge in [-0.15, -0.1) is 0 Å². The summed E-state index contributed by atoms with van der Waals surface area (Å²) >= 11 is 0. The molecule has 1 rings (SSSR count). The van der Waals surface area contributed by atoms with Gasteiger partial charge in [-0.3, -0.25) is 0 Å². The van der Waals surface area contributed by atoms with E-state index in [-0.39, 0.29) is 0 Å². The van der Waals surface area contributed by atoms with Gasteiger partial charge in [-0.25, -0.2) is 0 Å². The normalized spacial score (nSPS) is 13.4. The number of hydrogen-bond acceptors (Lipinski definition) is 3. The Balaban J connectivity index is 2.12. The Morgan fingerprint density at radius 1 is 1.50 bits per heavy atom. The average molecular weight is 196 g/mol. The lowest BCUT2D eigenvalue weighted by Gasteiger charge is -2.15. The lowest BCUT2D eigenvalue weighted by Crippen LogP contribution is -2.29. The summed E-state index contributed by atoms with van der Waals surface area (Å²) in [5.74, 6) is 1.00. The monoisotopic (exact) mass is 196 g/mol. The number of nitrogens with zero attached hydrogens (tertiary/aromatic N) is 1. The minimum Gasteiger partial charge on any atom is -0.468 e. The molecule has 0 saturated heterocycles. The quantitative estimate of drug-likeness (QED) is 0.751. The van der Waals surface area contributed by atoms with Gasteiger partial charge in [0.25, 0.3) is 0 Å². The maximum atomic E-state index is 5.24. The van der Waals surface area contributed by atoms with Crippen LogP contribution in [0.4, 0.5) is 0 Å². The summed E-state index contributed by atoms with van der Waals surface area (Å²) in [6.45, 7) is 4.14. The van der Waals surface area contributed by atoms with Crippen LogP contribution in [-0.2, 0) is 6.54 Å². The summed E-state index contributed by atoms with van der Waals surface area (Å²) in [5.41, 5.74) is 0. The number of hydrogen-bond donors (Lipinski definition) is 1.